The van der Waals surface area contributed by atoms with E-state index in [1.807, 2.05) is 24.3 Å². The predicted octanol–water partition coefficient (Wildman–Crippen LogP) is 2.03. The van der Waals surface area contributed by atoms with Gasteiger partial charge in [0, 0.05) is 18.7 Å². The molecule has 0 aromatic heterocycles. The fourth-order valence-corrected chi connectivity index (χ4v) is 4.73. The second-order valence-electron chi connectivity index (χ2n) is 7.90. The van der Waals surface area contributed by atoms with Gasteiger partial charge in [-0.3, -0.25) is 19.7 Å². The van der Waals surface area contributed by atoms with Crippen molar-refractivity contribution < 1.29 is 14.4 Å². The highest BCUT2D eigenvalue weighted by molar-refractivity contribution is 6.03. The van der Waals surface area contributed by atoms with Crippen LogP contribution >= 0.6 is 12.4 Å². The average Bonchev–Trinajstić information content (AvgIpc) is 3.20. The second kappa shape index (κ2) is 7.98. The number of carbonyl (C=O) groups is 3. The zero-order valence-corrected chi connectivity index (χ0v) is 16.1. The van der Waals surface area contributed by atoms with Crippen LogP contribution in [0.3, 0.4) is 0 Å². The zero-order chi connectivity index (χ0) is 18.1. The van der Waals surface area contributed by atoms with Crippen LogP contribution in [0.15, 0.2) is 24.3 Å². The fourth-order valence-electron chi connectivity index (χ4n) is 4.73. The summed E-state index contributed by atoms with van der Waals surface area (Å²) in [6.07, 6.45) is 5.22. The van der Waals surface area contributed by atoms with Crippen LogP contribution < -0.4 is 16.0 Å². The molecule has 146 valence electrons. The van der Waals surface area contributed by atoms with E-state index in [1.165, 1.54) is 6.42 Å². The van der Waals surface area contributed by atoms with Gasteiger partial charge < -0.3 is 10.6 Å². The number of fused-ring (bicyclic) bond motifs is 1. The number of nitrogens with one attached hydrogen (secondary N) is 3. The second-order valence-corrected chi connectivity index (χ2v) is 7.90. The maximum absolute atomic E-state index is 13.0. The number of benzene rings is 1. The fraction of sp³-hybridized carbons (Fsp3) is 0.550. The summed E-state index contributed by atoms with van der Waals surface area (Å²) in [7, 11) is 0. The molecule has 2 saturated heterocycles. The van der Waals surface area contributed by atoms with E-state index in [0.717, 1.165) is 43.6 Å². The van der Waals surface area contributed by atoms with Crippen molar-refractivity contribution in [3.8, 4) is 0 Å². The van der Waals surface area contributed by atoms with E-state index in [1.54, 1.807) is 0 Å². The minimum atomic E-state index is -0.283. The summed E-state index contributed by atoms with van der Waals surface area (Å²) in [5, 5.41) is 8.84. The number of rotatable bonds is 4. The van der Waals surface area contributed by atoms with Crippen molar-refractivity contribution in [2.24, 2.45) is 17.3 Å². The molecule has 0 radical (unpaired) electrons. The van der Waals surface area contributed by atoms with Crippen LogP contribution in [-0.4, -0.2) is 30.8 Å². The smallest absolute Gasteiger partial charge is 0.232 e. The summed E-state index contributed by atoms with van der Waals surface area (Å²) < 4.78 is 0. The Labute approximate surface area is 165 Å². The lowest BCUT2D eigenvalue weighted by Gasteiger charge is -2.37. The van der Waals surface area contributed by atoms with E-state index in [4.69, 9.17) is 0 Å². The lowest BCUT2D eigenvalue weighted by molar-refractivity contribution is -0.128. The van der Waals surface area contributed by atoms with E-state index in [9.17, 15) is 14.4 Å². The number of hydrogen-bond acceptors (Lipinski definition) is 4. The van der Waals surface area contributed by atoms with E-state index >= 15 is 0 Å². The quantitative estimate of drug-likeness (QED) is 0.685. The first-order valence-corrected chi connectivity index (χ1v) is 9.52. The van der Waals surface area contributed by atoms with Crippen molar-refractivity contribution in [2.75, 3.05) is 18.4 Å². The van der Waals surface area contributed by atoms with E-state index in [2.05, 4.69) is 16.0 Å². The molecule has 3 fully saturated rings. The summed E-state index contributed by atoms with van der Waals surface area (Å²) in [4.78, 5) is 35.9. The van der Waals surface area contributed by atoms with Crippen molar-refractivity contribution in [3.05, 3.63) is 29.8 Å². The molecule has 27 heavy (non-hydrogen) atoms. The monoisotopic (exact) mass is 391 g/mol. The largest absolute Gasteiger partial charge is 0.326 e. The third-order valence-corrected chi connectivity index (χ3v) is 6.25. The van der Waals surface area contributed by atoms with Gasteiger partial charge in [0.2, 0.25) is 17.7 Å². The number of carbonyl (C=O) groups excluding carboxylic acids is 3. The van der Waals surface area contributed by atoms with Crippen LogP contribution in [0.2, 0.25) is 0 Å². The Bertz CT molecular complexity index is 736. The van der Waals surface area contributed by atoms with Gasteiger partial charge in [0.1, 0.15) is 0 Å². The number of amides is 3. The van der Waals surface area contributed by atoms with Gasteiger partial charge >= 0.3 is 0 Å². The van der Waals surface area contributed by atoms with Crippen LogP contribution in [0.4, 0.5) is 5.69 Å². The Morgan fingerprint density at radius 1 is 1.19 bits per heavy atom. The maximum atomic E-state index is 13.0. The molecular formula is C20H26ClN3O3. The summed E-state index contributed by atoms with van der Waals surface area (Å²) in [5.74, 6) is -0.108. The first kappa shape index (κ1) is 19.8. The topological polar surface area (TPSA) is 87.3 Å². The number of hydrogen-bond donors (Lipinski definition) is 3. The number of anilines is 1. The van der Waals surface area contributed by atoms with E-state index < -0.39 is 0 Å². The van der Waals surface area contributed by atoms with Crippen LogP contribution in [0, 0.1) is 17.3 Å². The summed E-state index contributed by atoms with van der Waals surface area (Å²) in [6, 6.07) is 7.63. The Hall–Kier alpha value is -1.92. The summed E-state index contributed by atoms with van der Waals surface area (Å²) in [6.45, 7) is 1.71. The molecule has 1 saturated carbocycles. The summed E-state index contributed by atoms with van der Waals surface area (Å²) >= 11 is 0. The molecule has 0 spiro atoms. The molecule has 1 unspecified atom stereocenters. The lowest BCUT2D eigenvalue weighted by atomic mass is 9.67. The molecule has 2 aliphatic heterocycles. The van der Waals surface area contributed by atoms with Gasteiger partial charge in [-0.15, -0.1) is 12.4 Å². The van der Waals surface area contributed by atoms with Crippen LogP contribution in [0.5, 0.6) is 0 Å². The third-order valence-electron chi connectivity index (χ3n) is 6.25. The van der Waals surface area contributed by atoms with Gasteiger partial charge in [0.15, 0.2) is 0 Å². The Morgan fingerprint density at radius 3 is 2.67 bits per heavy atom. The number of imide groups is 1. The summed E-state index contributed by atoms with van der Waals surface area (Å²) in [5.41, 5.74) is 1.52. The first-order valence-electron chi connectivity index (χ1n) is 9.52. The molecule has 3 amide bonds. The van der Waals surface area contributed by atoms with Crippen molar-refractivity contribution >= 4 is 35.8 Å². The third kappa shape index (κ3) is 3.87. The molecular weight excluding hydrogens is 366 g/mol. The highest BCUT2D eigenvalue weighted by atomic mass is 35.5. The molecule has 3 atom stereocenters. The van der Waals surface area contributed by atoms with Gasteiger partial charge in [-0.1, -0.05) is 25.0 Å². The van der Waals surface area contributed by atoms with Crippen LogP contribution in [-0.2, 0) is 20.8 Å². The average molecular weight is 392 g/mol. The zero-order valence-electron chi connectivity index (χ0n) is 15.3. The molecule has 3 aliphatic rings. The Balaban J connectivity index is 0.00000210. The van der Waals surface area contributed by atoms with E-state index in [0.29, 0.717) is 12.3 Å². The lowest BCUT2D eigenvalue weighted by Crippen LogP contribution is -2.44. The molecule has 0 bridgehead atoms. The van der Waals surface area contributed by atoms with Crippen LogP contribution in [0.1, 0.15) is 37.7 Å². The Morgan fingerprint density at radius 2 is 1.96 bits per heavy atom. The minimum Gasteiger partial charge on any atom is -0.326 e. The van der Waals surface area contributed by atoms with Gasteiger partial charge in [-0.25, -0.2) is 0 Å². The predicted molar refractivity (Wildman–Crippen MR) is 105 cm³/mol. The molecule has 3 N–H and O–H groups in total. The standard InChI is InChI=1S/C20H25N3O3.ClH/c24-17-10-14(18(25)23-17)9-13-4-6-16(7-5-13)22-19(26)20-8-2-1-3-15(20)11-21-12-20;/h4-7,14-15,21H,1-3,8-12H2,(H,22,26)(H,23,24,25);1H/t14?,15-,20+;/m0./s1. The first-order chi connectivity index (χ1) is 12.6. The van der Waals surface area contributed by atoms with Gasteiger partial charge in [-0.05, 0) is 49.4 Å². The Kier molecular flexibility index (Phi) is 5.86. The highest BCUT2D eigenvalue weighted by Gasteiger charge is 2.49. The molecule has 1 aromatic rings. The van der Waals surface area contributed by atoms with Gasteiger partial charge in [0.25, 0.3) is 0 Å². The highest BCUT2D eigenvalue weighted by Crippen LogP contribution is 2.44. The molecule has 1 aliphatic carbocycles. The molecule has 6 nitrogen and oxygen atoms in total. The van der Waals surface area contributed by atoms with Crippen molar-refractivity contribution in [1.82, 2.24) is 10.6 Å². The minimum absolute atomic E-state index is 0. The molecule has 4 rings (SSSR count). The van der Waals surface area contributed by atoms with Crippen molar-refractivity contribution in [2.45, 2.75) is 38.5 Å². The number of halogens is 1. The molecule has 7 heteroatoms. The normalized spacial score (nSPS) is 29.6. The van der Waals surface area contributed by atoms with Crippen LogP contribution in [0.25, 0.3) is 0 Å². The maximum Gasteiger partial charge on any atom is 0.232 e. The SMILES string of the molecule is Cl.O=C1CC(Cc2ccc(NC(=O)[C@@]34CCCC[C@H]3CNC4)cc2)C(=O)N1. The van der Waals surface area contributed by atoms with Gasteiger partial charge in [0.05, 0.1) is 11.3 Å². The molecule has 2 heterocycles. The van der Waals surface area contributed by atoms with E-state index in [-0.39, 0.29) is 47.9 Å². The van der Waals surface area contributed by atoms with Gasteiger partial charge in [-0.2, -0.15) is 0 Å². The molecule has 1 aromatic carbocycles. The van der Waals surface area contributed by atoms with Crippen molar-refractivity contribution in [3.63, 3.8) is 0 Å². The van der Waals surface area contributed by atoms with Crippen molar-refractivity contribution in [1.29, 1.82) is 0 Å².